The van der Waals surface area contributed by atoms with Crippen molar-refractivity contribution in [1.82, 2.24) is 9.55 Å². The lowest BCUT2D eigenvalue weighted by Gasteiger charge is -2.37. The molecule has 43 heavy (non-hydrogen) atoms. The van der Waals surface area contributed by atoms with Crippen LogP contribution in [0.1, 0.15) is 43.6 Å². The molecule has 5 aromatic carbocycles. The number of nitrogens with zero attached hydrogens (tertiary/aromatic N) is 3. The molecule has 9 rings (SSSR count). The fraction of sp³-hybridized carbons (Fsp3) is 0.150. The van der Waals surface area contributed by atoms with Crippen molar-refractivity contribution in [2.24, 2.45) is 10.9 Å². The fourth-order valence-electron chi connectivity index (χ4n) is 8.05. The van der Waals surface area contributed by atoms with Crippen LogP contribution in [0.25, 0.3) is 49.1 Å². The fourth-order valence-corrected chi connectivity index (χ4v) is 8.05. The molecule has 0 bridgehead atoms. The number of hydrogen-bond donors (Lipinski definition) is 0. The van der Waals surface area contributed by atoms with Gasteiger partial charge in [-0.1, -0.05) is 99.6 Å². The van der Waals surface area contributed by atoms with Gasteiger partial charge in [-0.25, -0.2) is 0 Å². The van der Waals surface area contributed by atoms with Crippen molar-refractivity contribution in [1.29, 1.82) is 0 Å². The maximum absolute atomic E-state index is 5.77. The first-order valence-corrected chi connectivity index (χ1v) is 15.2. The van der Waals surface area contributed by atoms with Gasteiger partial charge in [-0.05, 0) is 63.9 Å². The minimum Gasteiger partial charge on any atom is -0.317 e. The molecule has 0 fully saturated rings. The molecule has 3 heterocycles. The average molecular weight is 554 g/mol. The Bertz CT molecular complexity index is 2350. The molecule has 3 heteroatoms. The van der Waals surface area contributed by atoms with E-state index in [1.54, 1.807) is 0 Å². The minimum atomic E-state index is -0.116. The SMILES string of the molecule is CC1C2=C(C(c3ccc4ncccc4c3)=NC1n1c3ccccc3c3cc4ccccc4cc31)c1ccccc1C2(C)C. The molecule has 0 saturated carbocycles. The van der Waals surface area contributed by atoms with Crippen molar-refractivity contribution in [3.05, 3.63) is 144 Å². The molecule has 1 aliphatic heterocycles. The number of hydrogen-bond acceptors (Lipinski definition) is 2. The van der Waals surface area contributed by atoms with Crippen LogP contribution in [0, 0.1) is 5.92 Å². The van der Waals surface area contributed by atoms with Crippen LogP contribution in [0.2, 0.25) is 0 Å². The van der Waals surface area contributed by atoms with Crippen LogP contribution < -0.4 is 0 Å². The molecule has 0 spiro atoms. The lowest BCUT2D eigenvalue weighted by Crippen LogP contribution is -2.31. The Morgan fingerprint density at radius 2 is 1.42 bits per heavy atom. The van der Waals surface area contributed by atoms with Crippen molar-refractivity contribution in [3.63, 3.8) is 0 Å². The van der Waals surface area contributed by atoms with Gasteiger partial charge in [0.2, 0.25) is 0 Å². The van der Waals surface area contributed by atoms with Gasteiger partial charge < -0.3 is 4.57 Å². The molecular formula is C40H31N3. The number of allylic oxidation sites excluding steroid dienone is 1. The van der Waals surface area contributed by atoms with Crippen molar-refractivity contribution in [2.75, 3.05) is 0 Å². The molecule has 2 aromatic heterocycles. The minimum absolute atomic E-state index is 0.101. The van der Waals surface area contributed by atoms with E-state index in [1.165, 1.54) is 54.9 Å². The highest BCUT2D eigenvalue weighted by atomic mass is 15.2. The molecule has 2 aliphatic rings. The first kappa shape index (κ1) is 24.6. The summed E-state index contributed by atoms with van der Waals surface area (Å²) in [7, 11) is 0. The van der Waals surface area contributed by atoms with Crippen molar-refractivity contribution >= 4 is 54.8 Å². The van der Waals surface area contributed by atoms with Crippen LogP contribution in [0.3, 0.4) is 0 Å². The van der Waals surface area contributed by atoms with Gasteiger partial charge in [0, 0.05) is 44.8 Å². The molecule has 1 aliphatic carbocycles. The highest BCUT2D eigenvalue weighted by Crippen LogP contribution is 2.55. The zero-order valence-electron chi connectivity index (χ0n) is 24.5. The zero-order chi connectivity index (χ0) is 28.9. The normalized spacial score (nSPS) is 19.3. The van der Waals surface area contributed by atoms with Crippen LogP contribution >= 0.6 is 0 Å². The van der Waals surface area contributed by atoms with Crippen molar-refractivity contribution in [3.8, 4) is 0 Å². The molecule has 7 aromatic rings. The second-order valence-electron chi connectivity index (χ2n) is 12.7. The second-order valence-corrected chi connectivity index (χ2v) is 12.7. The van der Waals surface area contributed by atoms with E-state index in [4.69, 9.17) is 4.99 Å². The summed E-state index contributed by atoms with van der Waals surface area (Å²) in [6.07, 6.45) is 1.76. The molecular weight excluding hydrogens is 522 g/mol. The van der Waals surface area contributed by atoms with Gasteiger partial charge in [0.15, 0.2) is 0 Å². The lowest BCUT2D eigenvalue weighted by atomic mass is 9.73. The van der Waals surface area contributed by atoms with Gasteiger partial charge in [0.05, 0.1) is 22.3 Å². The number of aliphatic imine (C=N–C) groups is 1. The van der Waals surface area contributed by atoms with E-state index in [9.17, 15) is 0 Å². The largest absolute Gasteiger partial charge is 0.317 e. The summed E-state index contributed by atoms with van der Waals surface area (Å²) in [5, 5.41) is 6.21. The summed E-state index contributed by atoms with van der Waals surface area (Å²) in [5.41, 5.74) is 11.0. The van der Waals surface area contributed by atoms with Gasteiger partial charge in [0.1, 0.15) is 6.17 Å². The second kappa shape index (κ2) is 8.75. The van der Waals surface area contributed by atoms with Crippen LogP contribution in [-0.2, 0) is 5.41 Å². The first-order valence-electron chi connectivity index (χ1n) is 15.2. The highest BCUT2D eigenvalue weighted by molar-refractivity contribution is 6.35. The van der Waals surface area contributed by atoms with E-state index in [1.807, 2.05) is 12.3 Å². The maximum atomic E-state index is 5.77. The predicted molar refractivity (Wildman–Crippen MR) is 180 cm³/mol. The highest BCUT2D eigenvalue weighted by Gasteiger charge is 2.46. The van der Waals surface area contributed by atoms with Gasteiger partial charge in [-0.2, -0.15) is 0 Å². The average Bonchev–Trinajstić information content (AvgIpc) is 3.48. The summed E-state index contributed by atoms with van der Waals surface area (Å²) < 4.78 is 2.52. The van der Waals surface area contributed by atoms with Crippen molar-refractivity contribution < 1.29 is 0 Å². The number of fused-ring (bicyclic) bond motifs is 7. The van der Waals surface area contributed by atoms with Gasteiger partial charge in [-0.3, -0.25) is 9.98 Å². The van der Waals surface area contributed by atoms with E-state index in [0.29, 0.717) is 0 Å². The Labute approximate surface area is 250 Å². The topological polar surface area (TPSA) is 30.2 Å². The van der Waals surface area contributed by atoms with E-state index >= 15 is 0 Å². The Kier molecular flexibility index (Phi) is 5.00. The first-order chi connectivity index (χ1) is 21.0. The molecule has 0 N–H and O–H groups in total. The van der Waals surface area contributed by atoms with Crippen LogP contribution in [0.15, 0.2) is 132 Å². The molecule has 206 valence electrons. The number of pyridine rings is 1. The molecule has 2 unspecified atom stereocenters. The Morgan fingerprint density at radius 3 is 2.30 bits per heavy atom. The summed E-state index contributed by atoms with van der Waals surface area (Å²) in [6.45, 7) is 7.18. The maximum Gasteiger partial charge on any atom is 0.132 e. The monoisotopic (exact) mass is 553 g/mol. The standard InChI is InChI=1S/C40H31N3/c1-24-37-36(30-15-6-8-16-32(30)40(37,2)3)38(28-18-19-33-27(21-28)13-10-20-41-33)42-39(24)43-34-17-9-7-14-29(34)31-22-25-11-4-5-12-26(25)23-35(31)43/h4-24,39H,1-3H3. The zero-order valence-corrected chi connectivity index (χ0v) is 24.5. The van der Waals surface area contributed by atoms with Crippen LogP contribution in [0.5, 0.6) is 0 Å². The lowest BCUT2D eigenvalue weighted by molar-refractivity contribution is 0.388. The quantitative estimate of drug-likeness (QED) is 0.210. The smallest absolute Gasteiger partial charge is 0.132 e. The summed E-state index contributed by atoms with van der Waals surface area (Å²) in [4.78, 5) is 10.4. The van der Waals surface area contributed by atoms with E-state index in [2.05, 4.69) is 140 Å². The van der Waals surface area contributed by atoms with Gasteiger partial charge >= 0.3 is 0 Å². The van der Waals surface area contributed by atoms with E-state index in [-0.39, 0.29) is 17.5 Å². The van der Waals surface area contributed by atoms with Crippen molar-refractivity contribution in [2.45, 2.75) is 32.4 Å². The third kappa shape index (κ3) is 3.36. The number of aromatic nitrogens is 2. The number of dihydropyridines is 1. The number of benzene rings is 5. The third-order valence-electron chi connectivity index (χ3n) is 9.93. The van der Waals surface area contributed by atoms with E-state index in [0.717, 1.165) is 22.2 Å². The predicted octanol–water partition coefficient (Wildman–Crippen LogP) is 9.88. The molecule has 0 saturated heterocycles. The molecule has 0 radical (unpaired) electrons. The molecule has 2 atom stereocenters. The summed E-state index contributed by atoms with van der Waals surface area (Å²) >= 11 is 0. The van der Waals surface area contributed by atoms with Gasteiger partial charge in [0.25, 0.3) is 0 Å². The number of para-hydroxylation sites is 1. The summed E-state index contributed by atoms with van der Waals surface area (Å²) in [5.74, 6) is 0.189. The Morgan fingerprint density at radius 1 is 0.674 bits per heavy atom. The Balaban J connectivity index is 1.37. The van der Waals surface area contributed by atoms with Crippen LogP contribution in [0.4, 0.5) is 0 Å². The molecule has 3 nitrogen and oxygen atoms in total. The summed E-state index contributed by atoms with van der Waals surface area (Å²) in [6, 6.07) is 42.0. The molecule has 0 amide bonds. The van der Waals surface area contributed by atoms with Crippen LogP contribution in [-0.4, -0.2) is 15.3 Å². The Hall–Kier alpha value is -5.02. The van der Waals surface area contributed by atoms with E-state index < -0.39 is 0 Å². The number of rotatable bonds is 2. The third-order valence-corrected chi connectivity index (χ3v) is 9.93. The van der Waals surface area contributed by atoms with Gasteiger partial charge in [-0.15, -0.1) is 0 Å².